The smallest absolute Gasteiger partial charge is 0.179 e. The zero-order valence-corrected chi connectivity index (χ0v) is 21.3. The minimum absolute atomic E-state index is 0.623. The highest BCUT2D eigenvalue weighted by molar-refractivity contribution is 7.14. The first kappa shape index (κ1) is 23.3. The van der Waals surface area contributed by atoms with Gasteiger partial charge in [-0.2, -0.15) is 0 Å². The van der Waals surface area contributed by atoms with E-state index in [1.807, 2.05) is 0 Å². The summed E-state index contributed by atoms with van der Waals surface area (Å²) in [5, 5.41) is 4.77. The second kappa shape index (κ2) is 11.3. The summed E-state index contributed by atoms with van der Waals surface area (Å²) < 4.78 is 14.3. The molecule has 0 atom stereocenters. The van der Waals surface area contributed by atoms with E-state index in [1.54, 1.807) is 11.3 Å². The molecule has 4 heteroatoms. The number of hydrogen-bond acceptors (Lipinski definition) is 3. The van der Waals surface area contributed by atoms with Gasteiger partial charge in [0.1, 0.15) is 13.2 Å². The minimum atomic E-state index is 0.623. The van der Waals surface area contributed by atoms with Crippen LogP contribution >= 0.6 is 11.3 Å². The van der Waals surface area contributed by atoms with Crippen LogP contribution in [0.3, 0.4) is 0 Å². The lowest BCUT2D eigenvalue weighted by Crippen LogP contribution is -2.14. The van der Waals surface area contributed by atoms with Gasteiger partial charge >= 0.3 is 0 Å². The Balaban J connectivity index is 1.30. The van der Waals surface area contributed by atoms with Crippen LogP contribution in [0, 0.1) is 0 Å². The van der Waals surface area contributed by atoms with E-state index in [0.717, 1.165) is 18.0 Å². The number of rotatable bonds is 12. The zero-order valence-electron chi connectivity index (χ0n) is 20.5. The minimum Gasteiger partial charge on any atom is -0.485 e. The monoisotopic (exact) mass is 475 g/mol. The van der Waals surface area contributed by atoms with Crippen LogP contribution in [0.2, 0.25) is 0 Å². The zero-order chi connectivity index (χ0) is 23.2. The third kappa shape index (κ3) is 4.98. The Kier molecular flexibility index (Phi) is 7.75. The third-order valence-corrected chi connectivity index (χ3v) is 8.06. The Labute approximate surface area is 207 Å². The van der Waals surface area contributed by atoms with E-state index in [-0.39, 0.29) is 0 Å². The SMILES string of the molecule is CCCCCCCCCCCCn1c2ccccc2c2ccc(-c3scc4c3OCCO4)cc21. The fourth-order valence-corrected chi connectivity index (χ4v) is 6.18. The predicted octanol–water partition coefficient (Wildman–Crippen LogP) is 9.22. The molecule has 5 rings (SSSR count). The molecule has 2 aromatic heterocycles. The van der Waals surface area contributed by atoms with Gasteiger partial charge in [0.25, 0.3) is 0 Å². The van der Waals surface area contributed by atoms with Crippen molar-refractivity contribution in [2.75, 3.05) is 13.2 Å². The van der Waals surface area contributed by atoms with E-state index in [1.165, 1.54) is 96.5 Å². The molecular weight excluding hydrogens is 438 g/mol. The second-order valence-corrected chi connectivity index (χ2v) is 10.4. The van der Waals surface area contributed by atoms with Crippen molar-refractivity contribution in [2.24, 2.45) is 0 Å². The molecule has 1 aliphatic rings. The van der Waals surface area contributed by atoms with Crippen molar-refractivity contribution in [1.29, 1.82) is 0 Å². The lowest BCUT2D eigenvalue weighted by Gasteiger charge is -2.16. The highest BCUT2D eigenvalue weighted by Gasteiger charge is 2.21. The maximum atomic E-state index is 5.97. The Bertz CT molecular complexity index is 1220. The number of aryl methyl sites for hydroxylation is 1. The largest absolute Gasteiger partial charge is 0.485 e. The molecule has 0 saturated heterocycles. The van der Waals surface area contributed by atoms with Crippen molar-refractivity contribution in [3.63, 3.8) is 0 Å². The summed E-state index contributed by atoms with van der Waals surface area (Å²) in [5.74, 6) is 1.80. The molecule has 3 heterocycles. The van der Waals surface area contributed by atoms with Gasteiger partial charge in [-0.3, -0.25) is 0 Å². The molecule has 0 unspecified atom stereocenters. The van der Waals surface area contributed by atoms with Crippen LogP contribution in [-0.4, -0.2) is 17.8 Å². The molecule has 0 saturated carbocycles. The van der Waals surface area contributed by atoms with Gasteiger partial charge in [0, 0.05) is 33.7 Å². The van der Waals surface area contributed by atoms with E-state index in [9.17, 15) is 0 Å². The molecule has 0 spiro atoms. The number of nitrogens with zero attached hydrogens (tertiary/aromatic N) is 1. The van der Waals surface area contributed by atoms with E-state index >= 15 is 0 Å². The summed E-state index contributed by atoms with van der Waals surface area (Å²) in [4.78, 5) is 1.17. The fraction of sp³-hybridized carbons (Fsp3) is 0.467. The number of para-hydroxylation sites is 1. The van der Waals surface area contributed by atoms with Crippen LogP contribution < -0.4 is 9.47 Å². The molecule has 0 bridgehead atoms. The topological polar surface area (TPSA) is 23.4 Å². The lowest BCUT2D eigenvalue weighted by atomic mass is 10.1. The summed E-state index contributed by atoms with van der Waals surface area (Å²) in [6.07, 6.45) is 13.7. The van der Waals surface area contributed by atoms with Crippen LogP contribution in [-0.2, 0) is 6.54 Å². The van der Waals surface area contributed by atoms with Gasteiger partial charge in [0.05, 0.1) is 4.88 Å². The first-order valence-electron chi connectivity index (χ1n) is 13.3. The van der Waals surface area contributed by atoms with Gasteiger partial charge < -0.3 is 14.0 Å². The van der Waals surface area contributed by atoms with Crippen molar-refractivity contribution in [3.8, 4) is 21.9 Å². The highest BCUT2D eigenvalue weighted by atomic mass is 32.1. The lowest BCUT2D eigenvalue weighted by molar-refractivity contribution is 0.174. The number of unbranched alkanes of at least 4 members (excludes halogenated alkanes) is 9. The molecule has 0 radical (unpaired) electrons. The van der Waals surface area contributed by atoms with E-state index in [2.05, 4.69) is 59.3 Å². The van der Waals surface area contributed by atoms with Crippen LogP contribution in [0.5, 0.6) is 11.5 Å². The summed E-state index contributed by atoms with van der Waals surface area (Å²) in [6.45, 7) is 4.62. The van der Waals surface area contributed by atoms with Gasteiger partial charge in [0.2, 0.25) is 0 Å². The quantitative estimate of drug-likeness (QED) is 0.191. The van der Waals surface area contributed by atoms with Crippen molar-refractivity contribution in [1.82, 2.24) is 4.57 Å². The second-order valence-electron chi connectivity index (χ2n) is 9.54. The van der Waals surface area contributed by atoms with Gasteiger partial charge in [-0.1, -0.05) is 95.0 Å². The number of ether oxygens (including phenoxy) is 2. The van der Waals surface area contributed by atoms with Crippen molar-refractivity contribution in [3.05, 3.63) is 47.8 Å². The van der Waals surface area contributed by atoms with Gasteiger partial charge in [0.15, 0.2) is 11.5 Å². The maximum Gasteiger partial charge on any atom is 0.179 e. The Hall–Kier alpha value is -2.46. The average Bonchev–Trinajstić information content (AvgIpc) is 3.44. The predicted molar refractivity (Wildman–Crippen MR) is 146 cm³/mol. The Morgan fingerprint density at radius 3 is 2.29 bits per heavy atom. The van der Waals surface area contributed by atoms with E-state index in [4.69, 9.17) is 9.47 Å². The Morgan fingerprint density at radius 2 is 1.47 bits per heavy atom. The van der Waals surface area contributed by atoms with Gasteiger partial charge in [-0.15, -0.1) is 11.3 Å². The molecular formula is C30H37NO2S. The molecule has 1 aliphatic heterocycles. The fourth-order valence-electron chi connectivity index (χ4n) is 5.25. The van der Waals surface area contributed by atoms with Crippen molar-refractivity contribution < 1.29 is 9.47 Å². The van der Waals surface area contributed by atoms with E-state index < -0.39 is 0 Å². The molecule has 180 valence electrons. The number of thiophene rings is 1. The highest BCUT2D eigenvalue weighted by Crippen LogP contribution is 2.46. The van der Waals surface area contributed by atoms with E-state index in [0.29, 0.717) is 13.2 Å². The molecule has 0 aliphatic carbocycles. The first-order valence-corrected chi connectivity index (χ1v) is 14.1. The molecule has 2 aromatic carbocycles. The normalized spacial score (nSPS) is 13.2. The van der Waals surface area contributed by atoms with Crippen LogP contribution in [0.4, 0.5) is 0 Å². The van der Waals surface area contributed by atoms with Crippen molar-refractivity contribution >= 4 is 33.1 Å². The molecule has 0 fully saturated rings. The van der Waals surface area contributed by atoms with Crippen LogP contribution in [0.15, 0.2) is 47.8 Å². The van der Waals surface area contributed by atoms with Gasteiger partial charge in [-0.05, 0) is 24.1 Å². The molecule has 4 aromatic rings. The van der Waals surface area contributed by atoms with Crippen molar-refractivity contribution in [2.45, 2.75) is 77.7 Å². The van der Waals surface area contributed by atoms with Gasteiger partial charge in [-0.25, -0.2) is 0 Å². The van der Waals surface area contributed by atoms with Crippen LogP contribution in [0.1, 0.15) is 71.1 Å². The number of benzene rings is 2. The molecule has 3 nitrogen and oxygen atoms in total. The summed E-state index contributed by atoms with van der Waals surface area (Å²) >= 11 is 1.72. The summed E-state index contributed by atoms with van der Waals surface area (Å²) in [5.41, 5.74) is 3.89. The number of fused-ring (bicyclic) bond motifs is 4. The molecule has 0 amide bonds. The molecule has 0 N–H and O–H groups in total. The summed E-state index contributed by atoms with van der Waals surface area (Å²) in [6, 6.07) is 15.7. The number of hydrogen-bond donors (Lipinski definition) is 0. The third-order valence-electron chi connectivity index (χ3n) is 7.07. The molecule has 34 heavy (non-hydrogen) atoms. The average molecular weight is 476 g/mol. The van der Waals surface area contributed by atoms with Crippen LogP contribution in [0.25, 0.3) is 32.2 Å². The number of aromatic nitrogens is 1. The standard InChI is InChI=1S/C30H37NO2S/c1-2-3-4-5-6-7-8-9-10-13-18-31-26-15-12-11-14-24(26)25-17-16-23(21-27(25)31)30-29-28(22-34-30)32-19-20-33-29/h11-12,14-17,21-22H,2-10,13,18-20H2,1H3. The first-order chi connectivity index (χ1) is 16.9. The summed E-state index contributed by atoms with van der Waals surface area (Å²) in [7, 11) is 0. The maximum absolute atomic E-state index is 5.97. The Morgan fingerprint density at radius 1 is 0.765 bits per heavy atom.